The third kappa shape index (κ3) is 4.90. The summed E-state index contributed by atoms with van der Waals surface area (Å²) in [6.45, 7) is 0. The lowest BCUT2D eigenvalue weighted by atomic mass is 9.87. The van der Waals surface area contributed by atoms with Crippen molar-refractivity contribution in [3.05, 3.63) is 200 Å². The quantitative estimate of drug-likeness (QED) is 0.118. The molecule has 0 atom stereocenters. The molecule has 0 N–H and O–H groups in total. The summed E-state index contributed by atoms with van der Waals surface area (Å²) >= 11 is 0. The number of para-hydroxylation sites is 2. The van der Waals surface area contributed by atoms with Gasteiger partial charge in [-0.1, -0.05) is 146 Å². The molecular weight excluding hydrogens is 791 g/mol. The zero-order valence-corrected chi connectivity index (χ0v) is 35.8. The molecule has 0 amide bonds. The Balaban J connectivity index is 1.22. The van der Waals surface area contributed by atoms with E-state index in [2.05, 4.69) is 205 Å². The number of anilines is 3. The second-order valence-corrected chi connectivity index (χ2v) is 17.4. The molecule has 14 aromatic carbocycles. The Morgan fingerprint density at radius 3 is 1.17 bits per heavy atom. The normalized spacial score (nSPS) is 12.2. The molecule has 3 heteroatoms. The Morgan fingerprint density at radius 1 is 0.277 bits per heavy atom. The van der Waals surface area contributed by atoms with Gasteiger partial charge in [0.25, 0.3) is 0 Å². The van der Waals surface area contributed by atoms with E-state index in [1.165, 1.54) is 108 Å². The predicted molar refractivity (Wildman–Crippen MR) is 276 cm³/mol. The van der Waals surface area contributed by atoms with Crippen LogP contribution in [0.4, 0.5) is 17.1 Å². The maximum absolute atomic E-state index is 5.77. The molecule has 0 unspecified atom stereocenters. The number of fused-ring (bicyclic) bond motifs is 8. The predicted octanol–water partition coefficient (Wildman–Crippen LogP) is 17.2. The molecule has 0 heterocycles. The smallest absolute Gasteiger partial charge is 0.118 e. The van der Waals surface area contributed by atoms with E-state index in [4.69, 9.17) is 9.47 Å². The van der Waals surface area contributed by atoms with Crippen LogP contribution in [0.25, 0.3) is 119 Å². The number of hydrogen-bond acceptors (Lipinski definition) is 3. The van der Waals surface area contributed by atoms with Gasteiger partial charge in [-0.3, -0.25) is 0 Å². The number of rotatable bonds is 7. The standard InChI is InChI=1S/C62H39NO2/c1-64-41-26-22-37(23-27-41)54-59-48-21-11-20-47-52(63(39-14-5-3-6-15-39)40-16-7-4-8-17-40)35-34-49(56(47)48)60(59)55(38-24-28-42(65-2)29-25-38)62-51-33-31-46-44-19-10-13-36-12-9-18-43(53(36)44)45-30-32-50(61(54)62)58(51)57(45)46/h3-35H,1-2H3. The molecule has 0 radical (unpaired) electrons. The molecule has 0 aliphatic rings. The summed E-state index contributed by atoms with van der Waals surface area (Å²) in [6.07, 6.45) is 0. The van der Waals surface area contributed by atoms with Crippen LogP contribution in [0.5, 0.6) is 11.5 Å². The summed E-state index contributed by atoms with van der Waals surface area (Å²) < 4.78 is 11.5. The first kappa shape index (κ1) is 36.1. The Hall–Kier alpha value is -8.40. The van der Waals surface area contributed by atoms with Crippen LogP contribution in [0.3, 0.4) is 0 Å². The van der Waals surface area contributed by atoms with Gasteiger partial charge in [-0.05, 0) is 168 Å². The monoisotopic (exact) mass is 829 g/mol. The lowest BCUT2D eigenvalue weighted by Crippen LogP contribution is -2.10. The number of hydrogen-bond donors (Lipinski definition) is 0. The van der Waals surface area contributed by atoms with Gasteiger partial charge in [0.05, 0.1) is 19.9 Å². The van der Waals surface area contributed by atoms with E-state index < -0.39 is 0 Å². The Labute approximate surface area is 374 Å². The molecule has 65 heavy (non-hydrogen) atoms. The second-order valence-electron chi connectivity index (χ2n) is 17.4. The molecule has 0 aromatic heterocycles. The van der Waals surface area contributed by atoms with E-state index in [1.54, 1.807) is 14.2 Å². The summed E-state index contributed by atoms with van der Waals surface area (Å²) in [5.74, 6) is 1.67. The number of ether oxygens (including phenoxy) is 2. The average molecular weight is 830 g/mol. The highest BCUT2D eigenvalue weighted by molar-refractivity contribution is 6.49. The van der Waals surface area contributed by atoms with Crippen LogP contribution >= 0.6 is 0 Å². The van der Waals surface area contributed by atoms with Gasteiger partial charge < -0.3 is 14.4 Å². The van der Waals surface area contributed by atoms with Crippen molar-refractivity contribution in [1.82, 2.24) is 0 Å². The van der Waals surface area contributed by atoms with Crippen LogP contribution in [-0.4, -0.2) is 14.2 Å². The van der Waals surface area contributed by atoms with Crippen molar-refractivity contribution in [2.75, 3.05) is 19.1 Å². The van der Waals surface area contributed by atoms with E-state index >= 15 is 0 Å². The van der Waals surface area contributed by atoms with E-state index in [-0.39, 0.29) is 0 Å². The molecule has 0 bridgehead atoms. The number of benzene rings is 12. The minimum atomic E-state index is 0.837. The molecule has 0 spiro atoms. The van der Waals surface area contributed by atoms with Crippen LogP contribution in [0, 0.1) is 0 Å². The molecule has 3 nitrogen and oxygen atoms in total. The molecule has 0 aliphatic carbocycles. The molecule has 14 aromatic rings. The highest BCUT2D eigenvalue weighted by atomic mass is 16.5. The van der Waals surface area contributed by atoms with E-state index in [1.807, 2.05) is 0 Å². The fraction of sp³-hybridized carbons (Fsp3) is 0.0323. The molecule has 0 saturated heterocycles. The first-order valence-corrected chi connectivity index (χ1v) is 22.3. The largest absolute Gasteiger partial charge is 0.497 e. The Morgan fingerprint density at radius 2 is 0.662 bits per heavy atom. The third-order valence-corrected chi connectivity index (χ3v) is 14.3. The van der Waals surface area contributed by atoms with Gasteiger partial charge in [-0.15, -0.1) is 0 Å². The van der Waals surface area contributed by atoms with Crippen LogP contribution in [0.2, 0.25) is 0 Å². The third-order valence-electron chi connectivity index (χ3n) is 14.3. The molecule has 0 fully saturated rings. The van der Waals surface area contributed by atoms with Gasteiger partial charge in [0.1, 0.15) is 11.5 Å². The first-order chi connectivity index (χ1) is 32.2. The molecule has 14 rings (SSSR count). The van der Waals surface area contributed by atoms with Crippen molar-refractivity contribution in [2.45, 2.75) is 0 Å². The number of nitrogens with zero attached hydrogens (tertiary/aromatic N) is 1. The summed E-state index contributed by atoms with van der Waals surface area (Å²) in [5.41, 5.74) is 8.17. The van der Waals surface area contributed by atoms with E-state index in [0.717, 1.165) is 39.7 Å². The molecule has 0 saturated carbocycles. The maximum Gasteiger partial charge on any atom is 0.118 e. The molecular formula is C62H39NO2. The van der Waals surface area contributed by atoms with Gasteiger partial charge in [0.2, 0.25) is 0 Å². The lowest BCUT2D eigenvalue weighted by Gasteiger charge is -2.27. The van der Waals surface area contributed by atoms with E-state index in [9.17, 15) is 0 Å². The summed E-state index contributed by atoms with van der Waals surface area (Å²) in [5, 5.41) is 23.0. The zero-order valence-electron chi connectivity index (χ0n) is 35.8. The van der Waals surface area contributed by atoms with Crippen molar-refractivity contribution in [2.24, 2.45) is 0 Å². The topological polar surface area (TPSA) is 21.7 Å². The Kier molecular flexibility index (Phi) is 7.53. The fourth-order valence-electron chi connectivity index (χ4n) is 11.7. The van der Waals surface area contributed by atoms with Gasteiger partial charge >= 0.3 is 0 Å². The molecule has 304 valence electrons. The van der Waals surface area contributed by atoms with Gasteiger partial charge in [0.15, 0.2) is 0 Å². The fourth-order valence-corrected chi connectivity index (χ4v) is 11.7. The SMILES string of the molecule is COc1ccc(-c2c3c4cccc5c(N(c6ccccc6)c6ccccc6)ccc(c3c(-c3ccc(OC)cc3)c3c6ccc7c8cccc9cccc(c%10ccc(c23)c6c%107)c98)c54)cc1. The zero-order chi connectivity index (χ0) is 42.9. The van der Waals surface area contributed by atoms with Crippen LogP contribution in [0.1, 0.15) is 0 Å². The summed E-state index contributed by atoms with van der Waals surface area (Å²) in [4.78, 5) is 2.40. The minimum absolute atomic E-state index is 0.837. The van der Waals surface area contributed by atoms with Gasteiger partial charge in [0, 0.05) is 16.8 Å². The van der Waals surface area contributed by atoms with Gasteiger partial charge in [-0.2, -0.15) is 0 Å². The van der Waals surface area contributed by atoms with Crippen molar-refractivity contribution < 1.29 is 9.47 Å². The number of methoxy groups -OCH3 is 2. The minimum Gasteiger partial charge on any atom is -0.497 e. The summed E-state index contributed by atoms with van der Waals surface area (Å²) in [7, 11) is 3.48. The van der Waals surface area contributed by atoms with Crippen molar-refractivity contribution in [3.63, 3.8) is 0 Å². The Bertz CT molecular complexity index is 3940. The molecule has 0 aliphatic heterocycles. The van der Waals surface area contributed by atoms with Crippen LogP contribution < -0.4 is 14.4 Å². The lowest BCUT2D eigenvalue weighted by molar-refractivity contribution is 0.415. The average Bonchev–Trinajstić information content (AvgIpc) is 3.89. The highest BCUT2D eigenvalue weighted by Gasteiger charge is 2.30. The highest BCUT2D eigenvalue weighted by Crippen LogP contribution is 2.58. The van der Waals surface area contributed by atoms with Crippen LogP contribution in [0.15, 0.2) is 200 Å². The first-order valence-electron chi connectivity index (χ1n) is 22.3. The van der Waals surface area contributed by atoms with Crippen molar-refractivity contribution in [3.8, 4) is 33.8 Å². The second kappa shape index (κ2) is 13.6. The summed E-state index contributed by atoms with van der Waals surface area (Å²) in [6, 6.07) is 73.7. The van der Waals surface area contributed by atoms with Crippen molar-refractivity contribution in [1.29, 1.82) is 0 Å². The van der Waals surface area contributed by atoms with E-state index in [0.29, 0.717) is 0 Å². The van der Waals surface area contributed by atoms with Crippen LogP contribution in [-0.2, 0) is 0 Å². The van der Waals surface area contributed by atoms with Gasteiger partial charge in [-0.25, -0.2) is 0 Å². The maximum atomic E-state index is 5.77. The van der Waals surface area contributed by atoms with Crippen molar-refractivity contribution >= 4 is 114 Å².